The fourth-order valence-corrected chi connectivity index (χ4v) is 9.05. The summed E-state index contributed by atoms with van der Waals surface area (Å²) in [4.78, 5) is 2.39. The molecule has 0 spiro atoms. The summed E-state index contributed by atoms with van der Waals surface area (Å²) in [5, 5.41) is 7.61. The quantitative estimate of drug-likeness (QED) is 0.147. The number of hydrogen-bond acceptors (Lipinski definition) is 1. The third-order valence-electron chi connectivity index (χ3n) is 12.2. The number of benzene rings is 9. The molecule has 0 bridgehead atoms. The normalized spacial score (nSPS) is 14.0. The van der Waals surface area contributed by atoms with Crippen molar-refractivity contribution in [2.45, 2.75) is 19.3 Å². The van der Waals surface area contributed by atoms with E-state index in [2.05, 4.69) is 226 Å². The lowest BCUT2D eigenvalue weighted by Crippen LogP contribution is -2.16. The van der Waals surface area contributed by atoms with E-state index in [0.29, 0.717) is 0 Å². The predicted octanol–water partition coefficient (Wildman–Crippen LogP) is 16.0. The minimum absolute atomic E-state index is 0.216. The monoisotopic (exact) mass is 741 g/mol. The molecule has 0 amide bonds. The number of fused-ring (bicyclic) bond motifs is 7. The van der Waals surface area contributed by atoms with E-state index in [-0.39, 0.29) is 5.41 Å². The van der Waals surface area contributed by atoms with Crippen molar-refractivity contribution < 1.29 is 0 Å². The van der Waals surface area contributed by atoms with Crippen LogP contribution in [0.1, 0.15) is 25.0 Å². The van der Waals surface area contributed by atoms with Gasteiger partial charge in [0.15, 0.2) is 0 Å². The lowest BCUT2D eigenvalue weighted by atomic mass is 9.83. The summed E-state index contributed by atoms with van der Waals surface area (Å²) < 4.78 is 0. The Morgan fingerprint density at radius 1 is 0.414 bits per heavy atom. The molecule has 9 aromatic rings. The van der Waals surface area contributed by atoms with E-state index in [1.54, 1.807) is 0 Å². The third-order valence-corrected chi connectivity index (χ3v) is 12.2. The fraction of sp³-hybridized carbons (Fsp3) is 0.0526. The second kappa shape index (κ2) is 14.1. The van der Waals surface area contributed by atoms with Gasteiger partial charge >= 0.3 is 0 Å². The zero-order valence-electron chi connectivity index (χ0n) is 32.9. The highest BCUT2D eigenvalue weighted by molar-refractivity contribution is 6.26. The first kappa shape index (κ1) is 35.2. The first-order valence-electron chi connectivity index (χ1n) is 20.1. The molecule has 0 saturated carbocycles. The molecule has 0 heterocycles. The molecule has 10 rings (SSSR count). The molecular weight excluding hydrogens is 699 g/mol. The van der Waals surface area contributed by atoms with Crippen molar-refractivity contribution in [1.29, 1.82) is 0 Å². The van der Waals surface area contributed by atoms with E-state index in [4.69, 9.17) is 0 Å². The Labute approximate surface area is 341 Å². The van der Waals surface area contributed by atoms with Crippen LogP contribution in [-0.2, 0) is 5.41 Å². The first-order chi connectivity index (χ1) is 28.4. The average molecular weight is 742 g/mol. The zero-order valence-corrected chi connectivity index (χ0v) is 32.9. The van der Waals surface area contributed by atoms with E-state index in [1.807, 2.05) is 6.08 Å². The lowest BCUT2D eigenvalue weighted by Gasteiger charge is -2.28. The van der Waals surface area contributed by atoms with Crippen LogP contribution in [0.4, 0.5) is 17.1 Å². The van der Waals surface area contributed by atoms with Crippen molar-refractivity contribution in [2.24, 2.45) is 0 Å². The smallest absolute Gasteiger partial charge is 0.0467 e. The van der Waals surface area contributed by atoms with Gasteiger partial charge in [0.2, 0.25) is 0 Å². The summed E-state index contributed by atoms with van der Waals surface area (Å²) in [6, 6.07) is 68.8. The van der Waals surface area contributed by atoms with Crippen molar-refractivity contribution in [3.8, 4) is 33.4 Å². The minimum atomic E-state index is -0.216. The second-order valence-corrected chi connectivity index (χ2v) is 15.9. The maximum atomic E-state index is 4.54. The molecule has 0 atom stereocenters. The van der Waals surface area contributed by atoms with Crippen LogP contribution in [0, 0.1) is 0 Å². The van der Waals surface area contributed by atoms with Gasteiger partial charge in [-0.2, -0.15) is 0 Å². The molecule has 1 nitrogen and oxygen atoms in total. The maximum absolute atomic E-state index is 4.54. The number of anilines is 3. The molecular formula is C57H43N. The Bertz CT molecular complexity index is 3070. The molecule has 0 aliphatic heterocycles. The largest absolute Gasteiger partial charge is 0.310 e. The molecule has 9 aromatic carbocycles. The van der Waals surface area contributed by atoms with Gasteiger partial charge in [-0.05, 0) is 137 Å². The fourth-order valence-electron chi connectivity index (χ4n) is 9.05. The summed E-state index contributed by atoms with van der Waals surface area (Å²) in [6.45, 7) is 13.1. The molecule has 1 heteroatoms. The zero-order chi connectivity index (χ0) is 39.4. The molecule has 276 valence electrons. The minimum Gasteiger partial charge on any atom is -0.310 e. The highest BCUT2D eigenvalue weighted by atomic mass is 15.1. The van der Waals surface area contributed by atoms with E-state index in [1.165, 1.54) is 76.8 Å². The molecule has 1 aliphatic rings. The van der Waals surface area contributed by atoms with Gasteiger partial charge in [0.25, 0.3) is 0 Å². The van der Waals surface area contributed by atoms with Crippen LogP contribution in [0.5, 0.6) is 0 Å². The van der Waals surface area contributed by atoms with E-state index in [0.717, 1.165) is 28.2 Å². The number of rotatable bonds is 7. The Morgan fingerprint density at radius 2 is 0.879 bits per heavy atom. The van der Waals surface area contributed by atoms with Crippen LogP contribution >= 0.6 is 0 Å². The SMILES string of the molecule is C=C/C=C1\C(=C)C(C)(C)c2cc(N(c3ccc(-c4ccccc4)cc3)c3cccc(-c4ccc5c6ccc(-c7ccccc7)cc6c6ccccc6c5c4)c3)ccc21. The van der Waals surface area contributed by atoms with Gasteiger partial charge in [-0.25, -0.2) is 0 Å². The highest BCUT2D eigenvalue weighted by Gasteiger charge is 2.37. The van der Waals surface area contributed by atoms with Gasteiger partial charge < -0.3 is 4.90 Å². The van der Waals surface area contributed by atoms with Crippen LogP contribution in [0.15, 0.2) is 219 Å². The van der Waals surface area contributed by atoms with Crippen LogP contribution in [0.3, 0.4) is 0 Å². The molecule has 0 N–H and O–H groups in total. The summed E-state index contributed by atoms with van der Waals surface area (Å²) in [5.74, 6) is 0. The van der Waals surface area contributed by atoms with Crippen molar-refractivity contribution >= 4 is 55.0 Å². The van der Waals surface area contributed by atoms with Crippen molar-refractivity contribution in [2.75, 3.05) is 4.90 Å². The second-order valence-electron chi connectivity index (χ2n) is 15.9. The van der Waals surface area contributed by atoms with Gasteiger partial charge in [0.1, 0.15) is 0 Å². The van der Waals surface area contributed by atoms with E-state index < -0.39 is 0 Å². The number of nitrogens with zero attached hydrogens (tertiary/aromatic N) is 1. The molecule has 0 radical (unpaired) electrons. The topological polar surface area (TPSA) is 3.24 Å². The molecule has 0 aromatic heterocycles. The van der Waals surface area contributed by atoms with Crippen LogP contribution in [-0.4, -0.2) is 0 Å². The lowest BCUT2D eigenvalue weighted by molar-refractivity contribution is 0.663. The predicted molar refractivity (Wildman–Crippen MR) is 250 cm³/mol. The molecule has 0 saturated heterocycles. The van der Waals surface area contributed by atoms with E-state index >= 15 is 0 Å². The van der Waals surface area contributed by atoms with Gasteiger partial charge in [0, 0.05) is 22.5 Å². The standard InChI is InChI=1S/C57H43N/c1-5-15-48-38(2)57(3,4)56-37-47(30-33-53(48)56)58(45-28-24-41(25-29-45)39-16-8-6-9-17-39)46-21-14-20-42(34-46)44-27-32-52-51-31-26-43(40-18-10-7-11-19-40)35-54(51)49-22-12-13-23-50(49)55(52)36-44/h5-37H,1-2H2,3-4H3/b48-15+. The van der Waals surface area contributed by atoms with Crippen LogP contribution in [0.25, 0.3) is 71.3 Å². The van der Waals surface area contributed by atoms with Gasteiger partial charge in [-0.15, -0.1) is 0 Å². The highest BCUT2D eigenvalue weighted by Crippen LogP contribution is 2.51. The van der Waals surface area contributed by atoms with Gasteiger partial charge in [-0.1, -0.05) is 179 Å². The summed E-state index contributed by atoms with van der Waals surface area (Å²) in [5.41, 5.74) is 15.1. The Kier molecular flexibility index (Phi) is 8.54. The summed E-state index contributed by atoms with van der Waals surface area (Å²) in [6.07, 6.45) is 3.96. The average Bonchev–Trinajstić information content (AvgIpc) is 3.47. The number of allylic oxidation sites excluding steroid dienone is 4. The molecule has 0 unspecified atom stereocenters. The Balaban J connectivity index is 1.11. The van der Waals surface area contributed by atoms with Crippen molar-refractivity contribution in [1.82, 2.24) is 0 Å². The van der Waals surface area contributed by atoms with Gasteiger partial charge in [-0.3, -0.25) is 0 Å². The molecule has 1 aliphatic carbocycles. The first-order valence-corrected chi connectivity index (χ1v) is 20.1. The molecule has 58 heavy (non-hydrogen) atoms. The molecule has 0 fully saturated rings. The van der Waals surface area contributed by atoms with Crippen LogP contribution in [0.2, 0.25) is 0 Å². The maximum Gasteiger partial charge on any atom is 0.0467 e. The van der Waals surface area contributed by atoms with Crippen molar-refractivity contribution in [3.63, 3.8) is 0 Å². The van der Waals surface area contributed by atoms with Crippen molar-refractivity contribution in [3.05, 3.63) is 230 Å². The summed E-state index contributed by atoms with van der Waals surface area (Å²) >= 11 is 0. The third kappa shape index (κ3) is 5.87. The Hall–Kier alpha value is -7.22. The van der Waals surface area contributed by atoms with Gasteiger partial charge in [0.05, 0.1) is 0 Å². The van der Waals surface area contributed by atoms with Crippen LogP contribution < -0.4 is 4.90 Å². The summed E-state index contributed by atoms with van der Waals surface area (Å²) in [7, 11) is 0. The van der Waals surface area contributed by atoms with E-state index in [9.17, 15) is 0 Å². The Morgan fingerprint density at radius 3 is 1.50 bits per heavy atom. The number of hydrogen-bond donors (Lipinski definition) is 0.